The third-order valence-electron chi connectivity index (χ3n) is 3.21. The number of aliphatic hydroxyl groups excluding tert-OH is 1. The minimum absolute atomic E-state index is 0.293. The van der Waals surface area contributed by atoms with Gasteiger partial charge in [0.1, 0.15) is 0 Å². The second-order valence-electron chi connectivity index (χ2n) is 4.65. The van der Waals surface area contributed by atoms with Crippen molar-refractivity contribution in [3.63, 3.8) is 0 Å². The van der Waals surface area contributed by atoms with Gasteiger partial charge in [-0.2, -0.15) is 0 Å². The Labute approximate surface area is 111 Å². The summed E-state index contributed by atoms with van der Waals surface area (Å²) in [6, 6.07) is 10.9. The van der Waals surface area contributed by atoms with Gasteiger partial charge in [0.25, 0.3) is 0 Å². The molecule has 0 aromatic heterocycles. The first-order chi connectivity index (χ1) is 8.69. The van der Waals surface area contributed by atoms with Crippen LogP contribution in [0, 0.1) is 0 Å². The molecule has 2 N–H and O–H groups in total. The Morgan fingerprint density at radius 1 is 1.11 bits per heavy atom. The van der Waals surface area contributed by atoms with Crippen LogP contribution in [-0.4, -0.2) is 42.3 Å². The van der Waals surface area contributed by atoms with E-state index in [1.807, 2.05) is 13.0 Å². The first-order valence-corrected chi connectivity index (χ1v) is 6.86. The third kappa shape index (κ3) is 4.77. The molecule has 0 aliphatic rings. The predicted molar refractivity (Wildman–Crippen MR) is 76.7 cm³/mol. The highest BCUT2D eigenvalue weighted by atomic mass is 16.3. The molecule has 0 radical (unpaired) electrons. The van der Waals surface area contributed by atoms with E-state index in [2.05, 4.69) is 48.3 Å². The lowest BCUT2D eigenvalue weighted by Crippen LogP contribution is -2.37. The van der Waals surface area contributed by atoms with E-state index in [4.69, 9.17) is 0 Å². The van der Waals surface area contributed by atoms with Gasteiger partial charge in [-0.1, -0.05) is 44.2 Å². The average molecular weight is 250 g/mol. The zero-order valence-electron chi connectivity index (χ0n) is 11.8. The average Bonchev–Trinajstić information content (AvgIpc) is 2.39. The molecule has 0 fully saturated rings. The van der Waals surface area contributed by atoms with Crippen molar-refractivity contribution in [2.75, 3.05) is 26.2 Å². The van der Waals surface area contributed by atoms with Crippen molar-refractivity contribution in [1.82, 2.24) is 10.2 Å². The molecule has 18 heavy (non-hydrogen) atoms. The van der Waals surface area contributed by atoms with Crippen molar-refractivity contribution < 1.29 is 5.11 Å². The molecule has 1 aromatic carbocycles. The summed E-state index contributed by atoms with van der Waals surface area (Å²) >= 11 is 0. The Balaban J connectivity index is 2.69. The van der Waals surface area contributed by atoms with Crippen LogP contribution in [-0.2, 0) is 0 Å². The number of rotatable bonds is 8. The minimum Gasteiger partial charge on any atom is -0.392 e. The van der Waals surface area contributed by atoms with Crippen LogP contribution in [0.4, 0.5) is 0 Å². The number of likely N-dealkylation sites (N-methyl/N-ethyl adjacent to an activating group) is 1. The van der Waals surface area contributed by atoms with E-state index in [0.717, 1.165) is 19.6 Å². The van der Waals surface area contributed by atoms with Gasteiger partial charge in [0, 0.05) is 19.1 Å². The largest absolute Gasteiger partial charge is 0.392 e. The Morgan fingerprint density at radius 2 is 1.72 bits per heavy atom. The zero-order valence-corrected chi connectivity index (χ0v) is 11.8. The SMILES string of the molecule is CCN(CC)C(CNC[C@@H](C)O)c1ccccc1. The van der Waals surface area contributed by atoms with Crippen molar-refractivity contribution in [2.45, 2.75) is 32.9 Å². The fraction of sp³-hybridized carbons (Fsp3) is 0.600. The molecule has 0 aliphatic heterocycles. The van der Waals surface area contributed by atoms with Crippen molar-refractivity contribution in [1.29, 1.82) is 0 Å². The lowest BCUT2D eigenvalue weighted by atomic mass is 10.1. The summed E-state index contributed by atoms with van der Waals surface area (Å²) in [5.74, 6) is 0. The number of aliphatic hydroxyl groups is 1. The second-order valence-corrected chi connectivity index (χ2v) is 4.65. The molecule has 1 rings (SSSR count). The molecule has 0 amide bonds. The van der Waals surface area contributed by atoms with Crippen molar-refractivity contribution in [3.8, 4) is 0 Å². The van der Waals surface area contributed by atoms with Gasteiger partial charge < -0.3 is 10.4 Å². The van der Waals surface area contributed by atoms with E-state index in [0.29, 0.717) is 12.6 Å². The van der Waals surface area contributed by atoms with Gasteiger partial charge in [-0.15, -0.1) is 0 Å². The van der Waals surface area contributed by atoms with Crippen LogP contribution < -0.4 is 5.32 Å². The normalized spacial score (nSPS) is 14.7. The van der Waals surface area contributed by atoms with Gasteiger partial charge in [-0.25, -0.2) is 0 Å². The molecular weight excluding hydrogens is 224 g/mol. The molecule has 1 unspecified atom stereocenters. The predicted octanol–water partition coefficient (Wildman–Crippen LogP) is 2.04. The molecule has 2 atom stereocenters. The maximum absolute atomic E-state index is 9.31. The Bertz CT molecular complexity index is 310. The molecule has 1 aromatic rings. The highest BCUT2D eigenvalue weighted by Crippen LogP contribution is 2.19. The van der Waals surface area contributed by atoms with Gasteiger partial charge in [0.15, 0.2) is 0 Å². The number of benzene rings is 1. The van der Waals surface area contributed by atoms with Gasteiger partial charge in [0.05, 0.1) is 6.10 Å². The van der Waals surface area contributed by atoms with Crippen molar-refractivity contribution >= 4 is 0 Å². The second kappa shape index (κ2) is 8.25. The van der Waals surface area contributed by atoms with Crippen LogP contribution in [0.2, 0.25) is 0 Å². The summed E-state index contributed by atoms with van der Waals surface area (Å²) in [6.07, 6.45) is -0.293. The quantitative estimate of drug-likeness (QED) is 0.741. The Kier molecular flexibility index (Phi) is 6.94. The lowest BCUT2D eigenvalue weighted by molar-refractivity contribution is 0.175. The summed E-state index contributed by atoms with van der Waals surface area (Å²) in [4.78, 5) is 2.43. The lowest BCUT2D eigenvalue weighted by Gasteiger charge is -2.30. The molecule has 102 valence electrons. The highest BCUT2D eigenvalue weighted by molar-refractivity contribution is 5.19. The van der Waals surface area contributed by atoms with Gasteiger partial charge >= 0.3 is 0 Å². The smallest absolute Gasteiger partial charge is 0.0636 e. The molecular formula is C15H26N2O. The maximum Gasteiger partial charge on any atom is 0.0636 e. The standard InChI is InChI=1S/C15H26N2O/c1-4-17(5-2)15(12-16-11-13(3)18)14-9-7-6-8-10-14/h6-10,13,15-16,18H,4-5,11-12H2,1-3H3/t13-,15?/m1/s1. The van der Waals surface area contributed by atoms with Crippen LogP contribution in [0.25, 0.3) is 0 Å². The fourth-order valence-electron chi connectivity index (χ4n) is 2.23. The molecule has 0 saturated carbocycles. The van der Waals surface area contributed by atoms with Crippen LogP contribution >= 0.6 is 0 Å². The molecule has 0 aliphatic carbocycles. The summed E-state index contributed by atoms with van der Waals surface area (Å²) in [5.41, 5.74) is 1.33. The van der Waals surface area contributed by atoms with Gasteiger partial charge in [0.2, 0.25) is 0 Å². The topological polar surface area (TPSA) is 35.5 Å². The number of nitrogens with one attached hydrogen (secondary N) is 1. The number of hydrogen-bond acceptors (Lipinski definition) is 3. The molecule has 0 spiro atoms. The van der Waals surface area contributed by atoms with E-state index in [-0.39, 0.29) is 6.10 Å². The van der Waals surface area contributed by atoms with Crippen LogP contribution in [0.15, 0.2) is 30.3 Å². The number of nitrogens with zero attached hydrogens (tertiary/aromatic N) is 1. The van der Waals surface area contributed by atoms with Crippen LogP contribution in [0.3, 0.4) is 0 Å². The highest BCUT2D eigenvalue weighted by Gasteiger charge is 2.17. The van der Waals surface area contributed by atoms with Crippen LogP contribution in [0.5, 0.6) is 0 Å². The first kappa shape index (κ1) is 15.2. The summed E-state index contributed by atoms with van der Waals surface area (Å²) in [6.45, 7) is 9.77. The van der Waals surface area contributed by atoms with E-state index in [1.165, 1.54) is 5.56 Å². The monoisotopic (exact) mass is 250 g/mol. The van der Waals surface area contributed by atoms with Gasteiger partial charge in [-0.3, -0.25) is 4.90 Å². The van der Waals surface area contributed by atoms with Crippen molar-refractivity contribution in [3.05, 3.63) is 35.9 Å². The summed E-state index contributed by atoms with van der Waals surface area (Å²) in [7, 11) is 0. The zero-order chi connectivity index (χ0) is 13.4. The number of hydrogen-bond donors (Lipinski definition) is 2. The van der Waals surface area contributed by atoms with E-state index in [9.17, 15) is 5.11 Å². The fourth-order valence-corrected chi connectivity index (χ4v) is 2.23. The maximum atomic E-state index is 9.31. The van der Waals surface area contributed by atoms with E-state index in [1.54, 1.807) is 0 Å². The van der Waals surface area contributed by atoms with E-state index < -0.39 is 0 Å². The molecule has 0 bridgehead atoms. The van der Waals surface area contributed by atoms with Gasteiger partial charge in [-0.05, 0) is 25.6 Å². The Morgan fingerprint density at radius 3 is 2.22 bits per heavy atom. The molecule has 0 saturated heterocycles. The van der Waals surface area contributed by atoms with Crippen molar-refractivity contribution in [2.24, 2.45) is 0 Å². The molecule has 3 heteroatoms. The third-order valence-corrected chi connectivity index (χ3v) is 3.21. The first-order valence-electron chi connectivity index (χ1n) is 6.86. The van der Waals surface area contributed by atoms with E-state index >= 15 is 0 Å². The molecule has 3 nitrogen and oxygen atoms in total. The van der Waals surface area contributed by atoms with Crippen LogP contribution in [0.1, 0.15) is 32.4 Å². The molecule has 0 heterocycles. The Hall–Kier alpha value is -0.900. The summed E-state index contributed by atoms with van der Waals surface area (Å²) in [5, 5.41) is 12.7. The minimum atomic E-state index is -0.293. The summed E-state index contributed by atoms with van der Waals surface area (Å²) < 4.78 is 0.